The van der Waals surface area contributed by atoms with E-state index in [1.165, 1.54) is 0 Å². The highest BCUT2D eigenvalue weighted by Crippen LogP contribution is 2.16. The van der Waals surface area contributed by atoms with E-state index in [0.717, 1.165) is 10.3 Å². The number of hydrogen-bond donors (Lipinski definition) is 0. The topological polar surface area (TPSA) is 26.1 Å². The molecule has 1 unspecified atom stereocenters. The van der Waals surface area contributed by atoms with E-state index in [9.17, 15) is 5.21 Å². The van der Waals surface area contributed by atoms with Crippen molar-refractivity contribution in [3.63, 3.8) is 0 Å². The van der Waals surface area contributed by atoms with Crippen LogP contribution in [0.15, 0.2) is 73.3 Å². The van der Waals surface area contributed by atoms with Crippen molar-refractivity contribution < 1.29 is 4.74 Å². The zero-order valence-electron chi connectivity index (χ0n) is 10.1. The molecule has 0 spiro atoms. The molecule has 0 amide bonds. The summed E-state index contributed by atoms with van der Waals surface area (Å²) in [4.78, 5) is 0. The highest BCUT2D eigenvalue weighted by Gasteiger charge is 2.09. The van der Waals surface area contributed by atoms with Gasteiger partial charge in [-0.3, -0.25) is 0 Å². The summed E-state index contributed by atoms with van der Waals surface area (Å²) in [6, 6.07) is 19.0. The summed E-state index contributed by atoms with van der Waals surface area (Å²) in [5, 5.41) is 12.0. The van der Waals surface area contributed by atoms with E-state index in [1.54, 1.807) is 24.4 Å². The molecule has 2 aromatic carbocycles. The van der Waals surface area contributed by atoms with Gasteiger partial charge in [0.05, 0.1) is 5.92 Å². The second-order valence-electron chi connectivity index (χ2n) is 3.98. The fraction of sp³-hybridized carbons (Fsp3) is 0.0625. The first-order valence-corrected chi connectivity index (χ1v) is 5.85. The van der Waals surface area contributed by atoms with Gasteiger partial charge >= 0.3 is 0 Å². The number of nitrogens with zero attached hydrogens (tertiary/aromatic N) is 1. The van der Waals surface area contributed by atoms with Crippen molar-refractivity contribution in [1.82, 2.24) is 0 Å². The fourth-order valence-electron chi connectivity index (χ4n) is 1.77. The van der Waals surface area contributed by atoms with Crippen LogP contribution >= 0.6 is 0 Å². The minimum absolute atomic E-state index is 0.0797. The average molecular weight is 237 g/mol. The summed E-state index contributed by atoms with van der Waals surface area (Å²) >= 11 is 0. The van der Waals surface area contributed by atoms with E-state index < -0.39 is 0 Å². The lowest BCUT2D eigenvalue weighted by Gasteiger charge is -2.08. The summed E-state index contributed by atoms with van der Waals surface area (Å²) in [5.74, 6) is -0.0797. The highest BCUT2D eigenvalue weighted by molar-refractivity contribution is 5.67. The predicted octanol–water partition coefficient (Wildman–Crippen LogP) is 3.87. The third kappa shape index (κ3) is 2.86. The maximum Gasteiger partial charge on any atom is 0.216 e. The van der Waals surface area contributed by atoms with Crippen molar-refractivity contribution in [2.45, 2.75) is 5.92 Å². The molecule has 0 aliphatic rings. The van der Waals surface area contributed by atoms with Crippen LogP contribution in [0.4, 0.5) is 5.69 Å². The molecule has 0 saturated carbocycles. The van der Waals surface area contributed by atoms with Crippen LogP contribution in [0.25, 0.3) is 0 Å². The van der Waals surface area contributed by atoms with Gasteiger partial charge in [0.1, 0.15) is 0 Å². The first-order chi connectivity index (χ1) is 8.81. The summed E-state index contributed by atoms with van der Waals surface area (Å²) in [6.07, 6.45) is 3.39. The Morgan fingerprint density at radius 1 is 0.944 bits per heavy atom. The van der Waals surface area contributed by atoms with Crippen molar-refractivity contribution in [2.75, 3.05) is 0 Å². The first kappa shape index (κ1) is 12.1. The van der Waals surface area contributed by atoms with Crippen LogP contribution in [0, 0.1) is 5.21 Å². The van der Waals surface area contributed by atoms with Crippen LogP contribution in [0.5, 0.6) is 0 Å². The van der Waals surface area contributed by atoms with Crippen molar-refractivity contribution in [1.29, 1.82) is 0 Å². The lowest BCUT2D eigenvalue weighted by atomic mass is 10.0. The average Bonchev–Trinajstić information content (AvgIpc) is 2.46. The number of rotatable bonds is 4. The monoisotopic (exact) mass is 237 g/mol. The molecule has 0 fully saturated rings. The Kier molecular flexibility index (Phi) is 3.92. The molecule has 0 aromatic heterocycles. The lowest BCUT2D eigenvalue weighted by molar-refractivity contribution is -0.356. The van der Waals surface area contributed by atoms with Crippen LogP contribution < -0.4 is 0 Å². The molecule has 2 nitrogen and oxygen atoms in total. The SMILES string of the molecule is C=CC(C=[N+]([O-])c1ccccc1)c1ccccc1. The first-order valence-electron chi connectivity index (χ1n) is 5.85. The lowest BCUT2D eigenvalue weighted by Crippen LogP contribution is -2.05. The number of benzene rings is 2. The van der Waals surface area contributed by atoms with Crippen LogP contribution in [0.2, 0.25) is 0 Å². The molecule has 2 rings (SSSR count). The predicted molar refractivity (Wildman–Crippen MR) is 75.2 cm³/mol. The second-order valence-corrected chi connectivity index (χ2v) is 3.98. The molecular weight excluding hydrogens is 222 g/mol. The van der Waals surface area contributed by atoms with Gasteiger partial charge in [0.2, 0.25) is 5.69 Å². The fourth-order valence-corrected chi connectivity index (χ4v) is 1.77. The Balaban J connectivity index is 2.28. The number of para-hydroxylation sites is 1. The third-order valence-corrected chi connectivity index (χ3v) is 2.75. The molecule has 0 saturated heterocycles. The highest BCUT2D eigenvalue weighted by atomic mass is 16.5. The molecule has 0 bridgehead atoms. The summed E-state index contributed by atoms with van der Waals surface area (Å²) in [5.41, 5.74) is 1.68. The molecular formula is C16H15NO. The van der Waals surface area contributed by atoms with E-state index >= 15 is 0 Å². The normalized spacial score (nSPS) is 13.0. The van der Waals surface area contributed by atoms with Crippen molar-refractivity contribution in [3.8, 4) is 0 Å². The zero-order valence-corrected chi connectivity index (χ0v) is 10.1. The second kappa shape index (κ2) is 5.82. The van der Waals surface area contributed by atoms with E-state index in [0.29, 0.717) is 5.69 Å². The Labute approximate surface area is 107 Å². The molecule has 0 heterocycles. The minimum atomic E-state index is -0.0797. The molecule has 2 aromatic rings. The van der Waals surface area contributed by atoms with Gasteiger partial charge in [-0.2, -0.15) is 4.74 Å². The van der Waals surface area contributed by atoms with Gasteiger partial charge in [-0.25, -0.2) is 0 Å². The van der Waals surface area contributed by atoms with Gasteiger partial charge in [0, 0.05) is 12.1 Å². The van der Waals surface area contributed by atoms with Crippen molar-refractivity contribution >= 4 is 11.9 Å². The maximum absolute atomic E-state index is 12.0. The largest absolute Gasteiger partial charge is 0.618 e. The van der Waals surface area contributed by atoms with Gasteiger partial charge in [-0.15, -0.1) is 6.58 Å². The van der Waals surface area contributed by atoms with Crippen LogP contribution in [0.1, 0.15) is 11.5 Å². The van der Waals surface area contributed by atoms with E-state index in [1.807, 2.05) is 48.5 Å². The van der Waals surface area contributed by atoms with Gasteiger partial charge in [-0.05, 0) is 5.56 Å². The molecule has 0 radical (unpaired) electrons. The summed E-state index contributed by atoms with van der Waals surface area (Å²) in [7, 11) is 0. The van der Waals surface area contributed by atoms with Crippen LogP contribution in [-0.4, -0.2) is 11.0 Å². The summed E-state index contributed by atoms with van der Waals surface area (Å²) in [6.45, 7) is 3.79. The van der Waals surface area contributed by atoms with Crippen molar-refractivity contribution in [3.05, 3.63) is 84.1 Å². The third-order valence-electron chi connectivity index (χ3n) is 2.75. The van der Waals surface area contributed by atoms with Gasteiger partial charge < -0.3 is 5.21 Å². The van der Waals surface area contributed by atoms with Crippen LogP contribution in [0.3, 0.4) is 0 Å². The molecule has 2 heteroatoms. The summed E-state index contributed by atoms with van der Waals surface area (Å²) < 4.78 is 0.888. The quantitative estimate of drug-likeness (QED) is 0.260. The van der Waals surface area contributed by atoms with Gasteiger partial charge in [-0.1, -0.05) is 54.6 Å². The van der Waals surface area contributed by atoms with Gasteiger partial charge in [0.25, 0.3) is 0 Å². The maximum atomic E-state index is 12.0. The zero-order chi connectivity index (χ0) is 12.8. The van der Waals surface area contributed by atoms with E-state index in [-0.39, 0.29) is 5.92 Å². The molecule has 0 aliphatic heterocycles. The van der Waals surface area contributed by atoms with E-state index in [2.05, 4.69) is 6.58 Å². The number of hydrogen-bond acceptors (Lipinski definition) is 1. The minimum Gasteiger partial charge on any atom is -0.618 e. The van der Waals surface area contributed by atoms with Crippen molar-refractivity contribution in [2.24, 2.45) is 0 Å². The van der Waals surface area contributed by atoms with Crippen LogP contribution in [-0.2, 0) is 0 Å². The molecule has 90 valence electrons. The Hall–Kier alpha value is -2.35. The Bertz CT molecular complexity index is 532. The molecule has 0 N–H and O–H groups in total. The number of allylic oxidation sites excluding steroid dienone is 1. The molecule has 1 atom stereocenters. The molecule has 0 aliphatic carbocycles. The van der Waals surface area contributed by atoms with Gasteiger partial charge in [0.15, 0.2) is 6.21 Å². The Morgan fingerprint density at radius 2 is 1.50 bits per heavy atom. The molecule has 18 heavy (non-hydrogen) atoms. The Morgan fingerprint density at radius 3 is 2.06 bits per heavy atom. The van der Waals surface area contributed by atoms with E-state index in [4.69, 9.17) is 0 Å². The smallest absolute Gasteiger partial charge is 0.216 e. The standard InChI is InChI=1S/C16H15NO/c1-2-14(15-9-5-3-6-10-15)13-17(18)16-11-7-4-8-12-16/h2-14H,1H2.